The first-order valence-electron chi connectivity index (χ1n) is 9.99. The van der Waals surface area contributed by atoms with Crippen LogP contribution in [0.3, 0.4) is 0 Å². The molecule has 0 bridgehead atoms. The van der Waals surface area contributed by atoms with Gasteiger partial charge in [0, 0.05) is 26.2 Å². The number of carbonyl (C=O) groups is 1. The van der Waals surface area contributed by atoms with Crippen LogP contribution >= 0.6 is 0 Å². The predicted octanol–water partition coefficient (Wildman–Crippen LogP) is 3.31. The fraction of sp³-hybridized carbons (Fsp3) is 0.304. The summed E-state index contributed by atoms with van der Waals surface area (Å²) >= 11 is 0. The van der Waals surface area contributed by atoms with E-state index in [4.69, 9.17) is 5.26 Å². The number of piperidine rings is 1. The van der Waals surface area contributed by atoms with Crippen LogP contribution in [-0.4, -0.2) is 43.2 Å². The number of nitriles is 1. The van der Waals surface area contributed by atoms with Crippen molar-refractivity contribution in [2.45, 2.75) is 24.3 Å². The molecule has 1 saturated heterocycles. The van der Waals surface area contributed by atoms with Crippen LogP contribution in [0, 0.1) is 23.1 Å². The normalized spacial score (nSPS) is 17.0. The number of hydrogen-bond acceptors (Lipinski definition) is 4. The zero-order chi connectivity index (χ0) is 22.4. The Bertz CT molecular complexity index is 1080. The third-order valence-electron chi connectivity index (χ3n) is 5.30. The average molecular weight is 442 g/mol. The molecule has 3 rings (SSSR count). The lowest BCUT2D eigenvalue weighted by Crippen LogP contribution is -2.46. The summed E-state index contributed by atoms with van der Waals surface area (Å²) in [6.07, 6.45) is 2.79. The Morgan fingerprint density at radius 2 is 1.90 bits per heavy atom. The standard InChI is InChI=1S/C23H24FN3O3S/c1-2-13-26(16-19-7-5-18(15-25)6-8-19)23(28)20-4-3-14-27(17-20)31(29,30)22-11-9-21(24)10-12-22/h2,5-12,20H,1,3-4,13-14,16-17H2. The number of nitrogens with zero attached hydrogens (tertiary/aromatic N) is 3. The van der Waals surface area contributed by atoms with Crippen LogP contribution in [0.5, 0.6) is 0 Å². The summed E-state index contributed by atoms with van der Waals surface area (Å²) in [4.78, 5) is 14.9. The molecule has 0 saturated carbocycles. The van der Waals surface area contributed by atoms with Gasteiger partial charge in [0.2, 0.25) is 15.9 Å². The molecule has 1 fully saturated rings. The average Bonchev–Trinajstić information content (AvgIpc) is 2.79. The second-order valence-electron chi connectivity index (χ2n) is 7.47. The van der Waals surface area contributed by atoms with Crippen LogP contribution in [0.1, 0.15) is 24.0 Å². The largest absolute Gasteiger partial charge is 0.334 e. The molecule has 6 nitrogen and oxygen atoms in total. The van der Waals surface area contributed by atoms with Gasteiger partial charge in [-0.15, -0.1) is 6.58 Å². The first kappa shape index (κ1) is 22.7. The van der Waals surface area contributed by atoms with E-state index >= 15 is 0 Å². The molecular weight excluding hydrogens is 417 g/mol. The van der Waals surface area contributed by atoms with E-state index in [1.54, 1.807) is 35.2 Å². The van der Waals surface area contributed by atoms with Gasteiger partial charge >= 0.3 is 0 Å². The number of hydrogen-bond donors (Lipinski definition) is 0. The van der Waals surface area contributed by atoms with Crippen molar-refractivity contribution < 1.29 is 17.6 Å². The van der Waals surface area contributed by atoms with Gasteiger partial charge < -0.3 is 4.90 Å². The Labute approximate surface area is 182 Å². The Hall–Kier alpha value is -3.02. The zero-order valence-electron chi connectivity index (χ0n) is 17.1. The minimum atomic E-state index is -3.80. The molecule has 162 valence electrons. The molecule has 1 unspecified atom stereocenters. The third-order valence-corrected chi connectivity index (χ3v) is 7.18. The lowest BCUT2D eigenvalue weighted by Gasteiger charge is -2.34. The highest BCUT2D eigenvalue weighted by Gasteiger charge is 2.35. The van der Waals surface area contributed by atoms with E-state index < -0.39 is 21.8 Å². The summed E-state index contributed by atoms with van der Waals surface area (Å²) in [5, 5.41) is 8.94. The molecule has 31 heavy (non-hydrogen) atoms. The van der Waals surface area contributed by atoms with Crippen LogP contribution in [0.25, 0.3) is 0 Å². The lowest BCUT2D eigenvalue weighted by molar-refractivity contribution is -0.136. The van der Waals surface area contributed by atoms with E-state index in [9.17, 15) is 17.6 Å². The van der Waals surface area contributed by atoms with E-state index in [0.717, 1.165) is 17.7 Å². The van der Waals surface area contributed by atoms with Gasteiger partial charge in [-0.05, 0) is 54.8 Å². The number of rotatable bonds is 7. The smallest absolute Gasteiger partial charge is 0.243 e. The topological polar surface area (TPSA) is 81.5 Å². The molecule has 1 aliphatic heterocycles. The van der Waals surface area contributed by atoms with Crippen LogP contribution in [0.4, 0.5) is 4.39 Å². The molecule has 0 aliphatic carbocycles. The quantitative estimate of drug-likeness (QED) is 0.618. The second kappa shape index (κ2) is 9.86. The van der Waals surface area contributed by atoms with E-state index in [1.807, 2.05) is 0 Å². The van der Waals surface area contributed by atoms with Crippen molar-refractivity contribution in [3.63, 3.8) is 0 Å². The van der Waals surface area contributed by atoms with Gasteiger partial charge in [0.15, 0.2) is 0 Å². The molecule has 0 radical (unpaired) electrons. The Morgan fingerprint density at radius 1 is 1.23 bits per heavy atom. The summed E-state index contributed by atoms with van der Waals surface area (Å²) in [5.41, 5.74) is 1.42. The highest BCUT2D eigenvalue weighted by atomic mass is 32.2. The summed E-state index contributed by atoms with van der Waals surface area (Å²) < 4.78 is 40.4. The van der Waals surface area contributed by atoms with Crippen molar-refractivity contribution >= 4 is 15.9 Å². The van der Waals surface area contributed by atoms with Gasteiger partial charge in [0.1, 0.15) is 5.82 Å². The Kier molecular flexibility index (Phi) is 7.21. The van der Waals surface area contributed by atoms with Crippen molar-refractivity contribution in [2.24, 2.45) is 5.92 Å². The third kappa shape index (κ3) is 5.37. The highest BCUT2D eigenvalue weighted by Crippen LogP contribution is 2.26. The molecule has 1 amide bonds. The maximum absolute atomic E-state index is 13.2. The second-order valence-corrected chi connectivity index (χ2v) is 9.41. The van der Waals surface area contributed by atoms with Gasteiger partial charge in [-0.2, -0.15) is 9.57 Å². The molecular formula is C23H24FN3O3S. The molecule has 1 atom stereocenters. The summed E-state index contributed by atoms with van der Waals surface area (Å²) in [7, 11) is -3.80. The van der Waals surface area contributed by atoms with E-state index in [0.29, 0.717) is 38.0 Å². The van der Waals surface area contributed by atoms with Gasteiger partial charge in [-0.1, -0.05) is 18.2 Å². The van der Waals surface area contributed by atoms with Gasteiger partial charge in [0.25, 0.3) is 0 Å². The minimum Gasteiger partial charge on any atom is -0.334 e. The molecule has 1 heterocycles. The molecule has 8 heteroatoms. The van der Waals surface area contributed by atoms with Gasteiger partial charge in [-0.3, -0.25) is 4.79 Å². The van der Waals surface area contributed by atoms with Crippen LogP contribution in [0.2, 0.25) is 0 Å². The van der Waals surface area contributed by atoms with Crippen molar-refractivity contribution in [3.8, 4) is 6.07 Å². The molecule has 2 aromatic rings. The van der Waals surface area contributed by atoms with Crippen molar-refractivity contribution in [3.05, 3.63) is 78.1 Å². The van der Waals surface area contributed by atoms with Crippen LogP contribution in [0.15, 0.2) is 66.1 Å². The van der Waals surface area contributed by atoms with Crippen LogP contribution < -0.4 is 0 Å². The van der Waals surface area contributed by atoms with E-state index in [2.05, 4.69) is 12.6 Å². The van der Waals surface area contributed by atoms with Gasteiger partial charge in [0.05, 0.1) is 22.4 Å². The summed E-state index contributed by atoms with van der Waals surface area (Å²) in [6, 6.07) is 13.8. The Balaban J connectivity index is 1.74. The fourth-order valence-electron chi connectivity index (χ4n) is 3.67. The fourth-order valence-corrected chi connectivity index (χ4v) is 5.19. The SMILES string of the molecule is C=CCN(Cc1ccc(C#N)cc1)C(=O)C1CCCN(S(=O)(=O)c2ccc(F)cc2)C1. The maximum atomic E-state index is 13.2. The van der Waals surface area contributed by atoms with Crippen LogP contribution in [-0.2, 0) is 21.4 Å². The summed E-state index contributed by atoms with van der Waals surface area (Å²) in [6.45, 7) is 4.81. The van der Waals surface area contributed by atoms with Crippen molar-refractivity contribution in [1.82, 2.24) is 9.21 Å². The molecule has 0 spiro atoms. The molecule has 1 aliphatic rings. The highest BCUT2D eigenvalue weighted by molar-refractivity contribution is 7.89. The first-order chi connectivity index (χ1) is 14.8. The minimum absolute atomic E-state index is 0.0162. The number of benzene rings is 2. The maximum Gasteiger partial charge on any atom is 0.243 e. The number of amides is 1. The lowest BCUT2D eigenvalue weighted by atomic mass is 9.97. The molecule has 0 aromatic heterocycles. The zero-order valence-corrected chi connectivity index (χ0v) is 17.9. The number of sulfonamides is 1. The van der Waals surface area contributed by atoms with E-state index in [-0.39, 0.29) is 17.3 Å². The van der Waals surface area contributed by atoms with Crippen molar-refractivity contribution in [2.75, 3.05) is 19.6 Å². The number of halogens is 1. The monoisotopic (exact) mass is 441 g/mol. The summed E-state index contributed by atoms with van der Waals surface area (Å²) in [5.74, 6) is -1.11. The van der Waals surface area contributed by atoms with Crippen molar-refractivity contribution in [1.29, 1.82) is 5.26 Å². The Morgan fingerprint density at radius 3 is 2.52 bits per heavy atom. The predicted molar refractivity (Wildman–Crippen MR) is 115 cm³/mol. The number of carbonyl (C=O) groups excluding carboxylic acids is 1. The van der Waals surface area contributed by atoms with Gasteiger partial charge in [-0.25, -0.2) is 12.8 Å². The van der Waals surface area contributed by atoms with E-state index in [1.165, 1.54) is 16.4 Å². The molecule has 2 aromatic carbocycles. The molecule has 0 N–H and O–H groups in total. The first-order valence-corrected chi connectivity index (χ1v) is 11.4.